The van der Waals surface area contributed by atoms with Crippen LogP contribution in [-0.4, -0.2) is 9.55 Å². The van der Waals surface area contributed by atoms with Crippen LogP contribution in [0.25, 0.3) is 16.7 Å². The van der Waals surface area contributed by atoms with E-state index in [2.05, 4.69) is 4.98 Å². The number of aromatic amines is 1. The van der Waals surface area contributed by atoms with Gasteiger partial charge in [-0.25, -0.2) is 9.18 Å². The third-order valence-corrected chi connectivity index (χ3v) is 3.07. The molecule has 18 heavy (non-hydrogen) atoms. The number of para-hydroxylation sites is 2. The first-order chi connectivity index (χ1) is 8.68. The van der Waals surface area contributed by atoms with Gasteiger partial charge in [-0.15, -0.1) is 0 Å². The summed E-state index contributed by atoms with van der Waals surface area (Å²) in [5.74, 6) is -0.467. The summed E-state index contributed by atoms with van der Waals surface area (Å²) < 4.78 is 15.1. The summed E-state index contributed by atoms with van der Waals surface area (Å²) in [6.07, 6.45) is 0. The fourth-order valence-corrected chi connectivity index (χ4v) is 2.20. The van der Waals surface area contributed by atoms with Gasteiger partial charge in [-0.3, -0.25) is 4.57 Å². The fourth-order valence-electron chi connectivity index (χ4n) is 1.98. The van der Waals surface area contributed by atoms with Crippen LogP contribution >= 0.6 is 11.6 Å². The Bertz CT molecular complexity index is 791. The van der Waals surface area contributed by atoms with Crippen LogP contribution in [0.4, 0.5) is 4.39 Å². The average molecular weight is 263 g/mol. The standard InChI is InChI=1S/C13H8ClFN2O/c14-8-4-1-2-7-11(8)17-12-9(15)5-3-6-10(12)16-13(17)18/h1-7H,(H,16,18). The van der Waals surface area contributed by atoms with Gasteiger partial charge in [0.15, 0.2) is 0 Å². The lowest BCUT2D eigenvalue weighted by Crippen LogP contribution is -2.15. The maximum atomic E-state index is 13.9. The van der Waals surface area contributed by atoms with Gasteiger partial charge >= 0.3 is 5.69 Å². The quantitative estimate of drug-likeness (QED) is 0.719. The molecule has 3 rings (SSSR count). The van der Waals surface area contributed by atoms with Crippen molar-refractivity contribution in [2.75, 3.05) is 0 Å². The molecule has 0 spiro atoms. The van der Waals surface area contributed by atoms with Crippen molar-refractivity contribution in [3.63, 3.8) is 0 Å². The molecule has 0 saturated heterocycles. The fraction of sp³-hybridized carbons (Fsp3) is 0. The molecular formula is C13H8ClFN2O. The van der Waals surface area contributed by atoms with Gasteiger partial charge in [-0.1, -0.05) is 29.8 Å². The minimum atomic E-state index is -0.467. The van der Waals surface area contributed by atoms with Crippen LogP contribution in [0, 0.1) is 5.82 Å². The van der Waals surface area contributed by atoms with Crippen molar-refractivity contribution in [1.29, 1.82) is 0 Å². The van der Waals surface area contributed by atoms with Crippen molar-refractivity contribution < 1.29 is 4.39 Å². The van der Waals surface area contributed by atoms with Crippen LogP contribution < -0.4 is 5.69 Å². The summed E-state index contributed by atoms with van der Waals surface area (Å²) >= 11 is 6.04. The number of aromatic nitrogens is 2. The molecule has 1 heterocycles. The van der Waals surface area contributed by atoms with Crippen molar-refractivity contribution in [3.8, 4) is 5.69 Å². The lowest BCUT2D eigenvalue weighted by atomic mass is 10.2. The largest absolute Gasteiger partial charge is 0.331 e. The van der Waals surface area contributed by atoms with Crippen molar-refractivity contribution >= 4 is 22.6 Å². The van der Waals surface area contributed by atoms with E-state index in [1.165, 1.54) is 10.6 Å². The molecule has 0 fully saturated rings. The van der Waals surface area contributed by atoms with Crippen LogP contribution in [0.1, 0.15) is 0 Å². The SMILES string of the molecule is O=c1[nH]c2cccc(F)c2n1-c1ccccc1Cl. The minimum Gasteiger partial charge on any atom is -0.305 e. The highest BCUT2D eigenvalue weighted by atomic mass is 35.5. The molecule has 0 unspecified atom stereocenters. The number of halogens is 2. The number of fused-ring (bicyclic) bond motifs is 1. The summed E-state index contributed by atoms with van der Waals surface area (Å²) in [5, 5.41) is 0.392. The van der Waals surface area contributed by atoms with Gasteiger partial charge < -0.3 is 4.98 Å². The Morgan fingerprint density at radius 3 is 2.67 bits per heavy atom. The Hall–Kier alpha value is -2.07. The minimum absolute atomic E-state index is 0.204. The van der Waals surface area contributed by atoms with E-state index in [1.807, 2.05) is 0 Å². The van der Waals surface area contributed by atoms with Crippen LogP contribution in [0.5, 0.6) is 0 Å². The van der Waals surface area contributed by atoms with Crippen molar-refractivity contribution in [3.05, 3.63) is 63.8 Å². The Labute approximate surface area is 106 Å². The molecule has 3 nitrogen and oxygen atoms in total. The van der Waals surface area contributed by atoms with Crippen LogP contribution in [0.15, 0.2) is 47.3 Å². The first-order valence-corrected chi connectivity index (χ1v) is 5.70. The lowest BCUT2D eigenvalue weighted by Gasteiger charge is -2.05. The predicted molar refractivity (Wildman–Crippen MR) is 68.9 cm³/mol. The summed E-state index contributed by atoms with van der Waals surface area (Å²) in [4.78, 5) is 14.5. The molecule has 0 amide bonds. The van der Waals surface area contributed by atoms with Crippen LogP contribution in [0.3, 0.4) is 0 Å². The molecule has 0 atom stereocenters. The van der Waals surface area contributed by atoms with Crippen molar-refractivity contribution in [2.24, 2.45) is 0 Å². The molecule has 1 aromatic heterocycles. The third-order valence-electron chi connectivity index (χ3n) is 2.75. The van der Waals surface area contributed by atoms with Gasteiger partial charge in [0.1, 0.15) is 11.3 Å². The Morgan fingerprint density at radius 1 is 1.11 bits per heavy atom. The molecule has 0 aliphatic carbocycles. The normalized spacial score (nSPS) is 11.0. The summed E-state index contributed by atoms with van der Waals surface area (Å²) in [6.45, 7) is 0. The molecule has 0 bridgehead atoms. The van der Waals surface area contributed by atoms with E-state index < -0.39 is 11.5 Å². The number of hydrogen-bond donors (Lipinski definition) is 1. The molecule has 0 aliphatic rings. The first-order valence-electron chi connectivity index (χ1n) is 5.32. The number of nitrogens with one attached hydrogen (secondary N) is 1. The zero-order chi connectivity index (χ0) is 12.7. The highest BCUT2D eigenvalue weighted by molar-refractivity contribution is 6.32. The number of hydrogen-bond acceptors (Lipinski definition) is 1. The van der Waals surface area contributed by atoms with Gasteiger partial charge in [-0.05, 0) is 24.3 Å². The van der Waals surface area contributed by atoms with E-state index >= 15 is 0 Å². The van der Waals surface area contributed by atoms with Crippen LogP contribution in [-0.2, 0) is 0 Å². The second-order valence-electron chi connectivity index (χ2n) is 3.85. The van der Waals surface area contributed by atoms with Crippen LogP contribution in [0.2, 0.25) is 5.02 Å². The van der Waals surface area contributed by atoms with E-state index in [0.29, 0.717) is 16.2 Å². The van der Waals surface area contributed by atoms with Gasteiger partial charge in [-0.2, -0.15) is 0 Å². The van der Waals surface area contributed by atoms with Crippen molar-refractivity contribution in [2.45, 2.75) is 0 Å². The number of rotatable bonds is 1. The van der Waals surface area contributed by atoms with E-state index in [0.717, 1.165) is 0 Å². The van der Waals surface area contributed by atoms with Gasteiger partial charge in [0.25, 0.3) is 0 Å². The Morgan fingerprint density at radius 2 is 1.89 bits per heavy atom. The highest BCUT2D eigenvalue weighted by Gasteiger charge is 2.14. The summed E-state index contributed by atoms with van der Waals surface area (Å²) in [5.41, 5.74) is 0.694. The molecule has 1 N–H and O–H groups in total. The smallest absolute Gasteiger partial charge is 0.305 e. The lowest BCUT2D eigenvalue weighted by molar-refractivity contribution is 0.634. The second kappa shape index (κ2) is 3.99. The summed E-state index contributed by atoms with van der Waals surface area (Å²) in [6, 6.07) is 11.3. The average Bonchev–Trinajstić information content (AvgIpc) is 2.68. The third kappa shape index (κ3) is 1.54. The maximum absolute atomic E-state index is 13.9. The molecule has 5 heteroatoms. The number of H-pyrrole nitrogens is 1. The molecule has 90 valence electrons. The predicted octanol–water partition coefficient (Wildman–Crippen LogP) is 3.11. The van der Waals surface area contributed by atoms with E-state index in [9.17, 15) is 9.18 Å². The zero-order valence-corrected chi connectivity index (χ0v) is 9.91. The topological polar surface area (TPSA) is 37.8 Å². The molecule has 0 aliphatic heterocycles. The van der Waals surface area contributed by atoms with E-state index in [4.69, 9.17) is 11.6 Å². The highest BCUT2D eigenvalue weighted by Crippen LogP contribution is 2.23. The Kier molecular flexibility index (Phi) is 2.45. The monoisotopic (exact) mass is 262 g/mol. The van der Waals surface area contributed by atoms with Gasteiger partial charge in [0.2, 0.25) is 0 Å². The molecular weight excluding hydrogens is 255 g/mol. The first kappa shape index (κ1) is 11.0. The maximum Gasteiger partial charge on any atom is 0.331 e. The molecule has 0 saturated carbocycles. The zero-order valence-electron chi connectivity index (χ0n) is 9.15. The number of imidazole rings is 1. The van der Waals surface area contributed by atoms with E-state index in [-0.39, 0.29) is 5.52 Å². The Balaban J connectivity index is 2.47. The van der Waals surface area contributed by atoms with E-state index in [1.54, 1.807) is 36.4 Å². The molecule has 2 aromatic carbocycles. The second-order valence-corrected chi connectivity index (χ2v) is 4.26. The van der Waals surface area contributed by atoms with Gasteiger partial charge in [0.05, 0.1) is 16.2 Å². The van der Waals surface area contributed by atoms with Crippen molar-refractivity contribution in [1.82, 2.24) is 9.55 Å². The number of benzene rings is 2. The molecule has 0 radical (unpaired) electrons. The molecule has 3 aromatic rings. The van der Waals surface area contributed by atoms with Gasteiger partial charge in [0, 0.05) is 0 Å². The summed E-state index contributed by atoms with van der Waals surface area (Å²) in [7, 11) is 0. The number of nitrogens with zero attached hydrogens (tertiary/aromatic N) is 1.